The summed E-state index contributed by atoms with van der Waals surface area (Å²) >= 11 is 0.921. The van der Waals surface area contributed by atoms with Crippen LogP contribution in [0.15, 0.2) is 11.0 Å². The van der Waals surface area contributed by atoms with E-state index in [4.69, 9.17) is 5.11 Å². The van der Waals surface area contributed by atoms with E-state index in [2.05, 4.69) is 4.72 Å². The molecule has 6 nitrogen and oxygen atoms in total. The number of rotatable bonds is 5. The molecule has 0 amide bonds. The number of aryl methyl sites for hydroxylation is 1. The highest BCUT2D eigenvalue weighted by atomic mass is 32.2. The van der Waals surface area contributed by atoms with Crippen molar-refractivity contribution in [2.75, 3.05) is 6.54 Å². The van der Waals surface area contributed by atoms with Crippen molar-refractivity contribution in [2.24, 2.45) is 0 Å². The molecule has 8 heteroatoms. The fourth-order valence-electron chi connectivity index (χ4n) is 1.91. The third kappa shape index (κ3) is 2.97. The van der Waals surface area contributed by atoms with Gasteiger partial charge in [0.1, 0.15) is 4.88 Å². The predicted molar refractivity (Wildman–Crippen MR) is 70.0 cm³/mol. The highest BCUT2D eigenvalue weighted by molar-refractivity contribution is 7.89. The summed E-state index contributed by atoms with van der Waals surface area (Å²) in [5, 5.41) is 18.7. The first kappa shape index (κ1) is 14.4. The Bertz CT molecular complexity index is 601. The molecule has 0 spiro atoms. The van der Waals surface area contributed by atoms with Crippen LogP contribution < -0.4 is 4.72 Å². The van der Waals surface area contributed by atoms with Crippen LogP contribution in [0, 0.1) is 6.92 Å². The summed E-state index contributed by atoms with van der Waals surface area (Å²) < 4.78 is 26.5. The van der Waals surface area contributed by atoms with Gasteiger partial charge in [0.25, 0.3) is 0 Å². The van der Waals surface area contributed by atoms with Crippen LogP contribution in [0.25, 0.3) is 0 Å². The zero-order valence-electron chi connectivity index (χ0n) is 10.3. The fourth-order valence-corrected chi connectivity index (χ4v) is 4.45. The summed E-state index contributed by atoms with van der Waals surface area (Å²) in [6, 6.07) is 1.15. The normalized spacial score (nSPS) is 18.0. The molecule has 1 fully saturated rings. The van der Waals surface area contributed by atoms with E-state index in [0.29, 0.717) is 17.7 Å². The third-order valence-corrected chi connectivity index (χ3v) is 5.94. The SMILES string of the molecule is Cc1sc(C(=O)O)cc1S(=O)(=O)NCC1(O)CCC1. The number of carboxylic acids is 1. The smallest absolute Gasteiger partial charge is 0.345 e. The molecule has 0 aromatic carbocycles. The van der Waals surface area contributed by atoms with Crippen LogP contribution in [-0.4, -0.2) is 36.7 Å². The monoisotopic (exact) mass is 305 g/mol. The maximum Gasteiger partial charge on any atom is 0.345 e. The van der Waals surface area contributed by atoms with Gasteiger partial charge in [-0.1, -0.05) is 0 Å². The summed E-state index contributed by atoms with van der Waals surface area (Å²) in [6.45, 7) is 1.52. The van der Waals surface area contributed by atoms with E-state index < -0.39 is 21.6 Å². The molecule has 1 aromatic heterocycles. The van der Waals surface area contributed by atoms with Gasteiger partial charge in [-0.05, 0) is 32.3 Å². The Hall–Kier alpha value is -0.960. The molecule has 19 heavy (non-hydrogen) atoms. The lowest BCUT2D eigenvalue weighted by Crippen LogP contribution is -2.47. The number of aromatic carboxylic acids is 1. The van der Waals surface area contributed by atoms with Crippen molar-refractivity contribution in [3.05, 3.63) is 15.8 Å². The van der Waals surface area contributed by atoms with Gasteiger partial charge < -0.3 is 10.2 Å². The maximum atomic E-state index is 12.1. The van der Waals surface area contributed by atoms with Gasteiger partial charge in [0.2, 0.25) is 10.0 Å². The van der Waals surface area contributed by atoms with Crippen molar-refractivity contribution >= 4 is 27.3 Å². The first-order valence-electron chi connectivity index (χ1n) is 5.79. The molecular weight excluding hydrogens is 290 g/mol. The molecule has 0 bridgehead atoms. The van der Waals surface area contributed by atoms with E-state index in [1.165, 1.54) is 0 Å². The molecule has 1 aromatic rings. The first-order chi connectivity index (χ1) is 8.73. The van der Waals surface area contributed by atoms with Crippen LogP contribution in [0.4, 0.5) is 0 Å². The molecule has 1 aliphatic carbocycles. The molecule has 106 valence electrons. The molecule has 3 N–H and O–H groups in total. The molecular formula is C11H15NO5S2. The highest BCUT2D eigenvalue weighted by Crippen LogP contribution is 2.31. The van der Waals surface area contributed by atoms with Gasteiger partial charge in [0.05, 0.1) is 10.5 Å². The van der Waals surface area contributed by atoms with E-state index in [9.17, 15) is 18.3 Å². The minimum Gasteiger partial charge on any atom is -0.477 e. The Morgan fingerprint density at radius 2 is 2.16 bits per heavy atom. The molecule has 0 radical (unpaired) electrons. The minimum atomic E-state index is -3.78. The van der Waals surface area contributed by atoms with Gasteiger partial charge in [-0.15, -0.1) is 11.3 Å². The second-order valence-electron chi connectivity index (χ2n) is 4.74. The number of nitrogens with one attached hydrogen (secondary N) is 1. The van der Waals surface area contributed by atoms with Crippen LogP contribution in [0.2, 0.25) is 0 Å². The van der Waals surface area contributed by atoms with E-state index in [1.54, 1.807) is 6.92 Å². The molecule has 0 unspecified atom stereocenters. The van der Waals surface area contributed by atoms with Gasteiger partial charge in [-0.25, -0.2) is 17.9 Å². The van der Waals surface area contributed by atoms with E-state index in [0.717, 1.165) is 23.8 Å². The van der Waals surface area contributed by atoms with E-state index in [1.807, 2.05) is 0 Å². The molecule has 0 atom stereocenters. The Morgan fingerprint density at radius 3 is 2.58 bits per heavy atom. The average molecular weight is 305 g/mol. The summed E-state index contributed by atoms with van der Waals surface area (Å²) in [7, 11) is -3.78. The number of hydrogen-bond donors (Lipinski definition) is 3. The molecule has 1 saturated carbocycles. The number of carbonyl (C=O) groups is 1. The van der Waals surface area contributed by atoms with Crippen molar-refractivity contribution in [2.45, 2.75) is 36.7 Å². The predicted octanol–water partition coefficient (Wildman–Crippen LogP) is 0.948. The zero-order valence-corrected chi connectivity index (χ0v) is 12.0. The Morgan fingerprint density at radius 1 is 1.53 bits per heavy atom. The quantitative estimate of drug-likeness (QED) is 0.751. The topological polar surface area (TPSA) is 104 Å². The molecule has 1 heterocycles. The van der Waals surface area contributed by atoms with Gasteiger partial charge in [-0.3, -0.25) is 0 Å². The van der Waals surface area contributed by atoms with E-state index in [-0.39, 0.29) is 16.3 Å². The van der Waals surface area contributed by atoms with Crippen LogP contribution in [-0.2, 0) is 10.0 Å². The zero-order chi connectivity index (χ0) is 14.3. The second kappa shape index (κ2) is 4.86. The average Bonchev–Trinajstić information content (AvgIpc) is 2.67. The van der Waals surface area contributed by atoms with Crippen LogP contribution in [0.3, 0.4) is 0 Å². The van der Waals surface area contributed by atoms with Crippen molar-refractivity contribution in [3.8, 4) is 0 Å². The van der Waals surface area contributed by atoms with Gasteiger partial charge in [-0.2, -0.15) is 0 Å². The fraction of sp³-hybridized carbons (Fsp3) is 0.545. The van der Waals surface area contributed by atoms with Crippen molar-refractivity contribution in [1.82, 2.24) is 4.72 Å². The number of thiophene rings is 1. The largest absolute Gasteiger partial charge is 0.477 e. The summed E-state index contributed by atoms with van der Waals surface area (Å²) in [6.07, 6.45) is 2.05. The van der Waals surface area contributed by atoms with E-state index >= 15 is 0 Å². The lowest BCUT2D eigenvalue weighted by atomic mass is 9.81. The first-order valence-corrected chi connectivity index (χ1v) is 8.09. The number of carboxylic acid groups (broad SMARTS) is 1. The molecule has 1 aliphatic rings. The summed E-state index contributed by atoms with van der Waals surface area (Å²) in [4.78, 5) is 11.2. The second-order valence-corrected chi connectivity index (χ2v) is 7.73. The lowest BCUT2D eigenvalue weighted by molar-refractivity contribution is -0.0271. The van der Waals surface area contributed by atoms with Crippen molar-refractivity contribution < 1.29 is 23.4 Å². The van der Waals surface area contributed by atoms with Crippen molar-refractivity contribution in [3.63, 3.8) is 0 Å². The number of hydrogen-bond acceptors (Lipinski definition) is 5. The summed E-state index contributed by atoms with van der Waals surface area (Å²) in [5.41, 5.74) is -0.952. The molecule has 0 aliphatic heterocycles. The van der Waals surface area contributed by atoms with Gasteiger partial charge in [0.15, 0.2) is 0 Å². The Labute approximate surface area is 115 Å². The van der Waals surface area contributed by atoms with Crippen LogP contribution >= 0.6 is 11.3 Å². The highest BCUT2D eigenvalue weighted by Gasteiger charge is 2.36. The van der Waals surface area contributed by atoms with Crippen molar-refractivity contribution in [1.29, 1.82) is 0 Å². The van der Waals surface area contributed by atoms with Crippen LogP contribution in [0.1, 0.15) is 33.8 Å². The number of aliphatic hydroxyl groups is 1. The lowest BCUT2D eigenvalue weighted by Gasteiger charge is -2.36. The Kier molecular flexibility index (Phi) is 3.69. The van der Waals surface area contributed by atoms with Gasteiger partial charge >= 0.3 is 5.97 Å². The maximum absolute atomic E-state index is 12.1. The third-order valence-electron chi connectivity index (χ3n) is 3.25. The van der Waals surface area contributed by atoms with Gasteiger partial charge in [0, 0.05) is 11.4 Å². The molecule has 0 saturated heterocycles. The standard InChI is InChI=1S/C11H15NO5S2/c1-7-9(5-8(18-7)10(13)14)19(16,17)12-6-11(15)3-2-4-11/h5,12,15H,2-4,6H2,1H3,(H,13,14). The van der Waals surface area contributed by atoms with Crippen LogP contribution in [0.5, 0.6) is 0 Å². The Balaban J connectivity index is 2.17. The molecule has 2 rings (SSSR count). The number of sulfonamides is 1. The summed E-state index contributed by atoms with van der Waals surface area (Å²) in [5.74, 6) is -1.15. The minimum absolute atomic E-state index is 0.0137.